The first-order valence-electron chi connectivity index (χ1n) is 7.52. The number of aryl methyl sites for hydroxylation is 1. The Hall–Kier alpha value is -2.38. The quantitative estimate of drug-likeness (QED) is 0.620. The lowest BCUT2D eigenvalue weighted by Gasteiger charge is -2.11. The van der Waals surface area contributed by atoms with Crippen LogP contribution in [0.2, 0.25) is 0 Å². The lowest BCUT2D eigenvalue weighted by atomic mass is 9.93. The highest BCUT2D eigenvalue weighted by Crippen LogP contribution is 2.18. The van der Waals surface area contributed by atoms with Gasteiger partial charge >= 0.3 is 0 Å². The van der Waals surface area contributed by atoms with E-state index in [9.17, 15) is 0 Å². The molecule has 1 nitrogen and oxygen atoms in total. The fraction of sp³-hybridized carbons (Fsp3) is 0.0952. The molecule has 3 aromatic rings. The van der Waals surface area contributed by atoms with Gasteiger partial charge in [0.15, 0.2) is 0 Å². The molecule has 3 rings (SSSR count). The van der Waals surface area contributed by atoms with E-state index in [2.05, 4.69) is 49.4 Å². The van der Waals surface area contributed by atoms with Gasteiger partial charge in [-0.15, -0.1) is 12.4 Å². The first-order chi connectivity index (χ1) is 10.7. The van der Waals surface area contributed by atoms with Crippen LogP contribution in [0.3, 0.4) is 0 Å². The van der Waals surface area contributed by atoms with Crippen LogP contribution in [0.4, 0.5) is 0 Å². The van der Waals surface area contributed by atoms with E-state index in [1.165, 1.54) is 16.7 Å². The Morgan fingerprint density at radius 1 is 0.783 bits per heavy atom. The second kappa shape index (κ2) is 7.75. The van der Waals surface area contributed by atoms with Gasteiger partial charge in [0.2, 0.25) is 0 Å². The molecule has 0 unspecified atom stereocenters. The van der Waals surface area contributed by atoms with Gasteiger partial charge in [0.25, 0.3) is 0 Å². The average molecular weight is 322 g/mol. The summed E-state index contributed by atoms with van der Waals surface area (Å²) in [6.07, 6.45) is 0.852. The summed E-state index contributed by atoms with van der Waals surface area (Å²) in [5.41, 5.74) is 6.24. The Kier molecular flexibility index (Phi) is 5.72. The summed E-state index contributed by atoms with van der Waals surface area (Å²) in [4.78, 5) is 0. The SMILES string of the molecule is Cc1ccc(C(=N)c2ccccc2Cc2ccccc2)cc1.Cl. The van der Waals surface area contributed by atoms with Crippen molar-refractivity contribution in [3.05, 3.63) is 107 Å². The number of nitrogens with one attached hydrogen (secondary N) is 1. The molecule has 0 aliphatic carbocycles. The van der Waals surface area contributed by atoms with Crippen molar-refractivity contribution in [3.8, 4) is 0 Å². The lowest BCUT2D eigenvalue weighted by molar-refractivity contribution is 1.18. The third kappa shape index (κ3) is 4.08. The molecular formula is C21H20ClN. The van der Waals surface area contributed by atoms with Crippen molar-refractivity contribution >= 4 is 18.1 Å². The predicted molar refractivity (Wildman–Crippen MR) is 100 cm³/mol. The van der Waals surface area contributed by atoms with Gasteiger partial charge in [-0.2, -0.15) is 0 Å². The van der Waals surface area contributed by atoms with Crippen LogP contribution in [0.15, 0.2) is 78.9 Å². The van der Waals surface area contributed by atoms with Crippen molar-refractivity contribution in [1.29, 1.82) is 5.41 Å². The number of benzene rings is 3. The van der Waals surface area contributed by atoms with Crippen molar-refractivity contribution < 1.29 is 0 Å². The van der Waals surface area contributed by atoms with Crippen LogP contribution >= 0.6 is 12.4 Å². The van der Waals surface area contributed by atoms with Gasteiger partial charge in [-0.1, -0.05) is 84.4 Å². The molecule has 0 aliphatic rings. The Bertz CT molecular complexity index is 776. The molecule has 1 N–H and O–H groups in total. The molecule has 0 amide bonds. The highest BCUT2D eigenvalue weighted by molar-refractivity contribution is 6.11. The van der Waals surface area contributed by atoms with E-state index in [0.717, 1.165) is 17.5 Å². The van der Waals surface area contributed by atoms with Crippen molar-refractivity contribution in [2.75, 3.05) is 0 Å². The van der Waals surface area contributed by atoms with Gasteiger partial charge in [0.05, 0.1) is 5.71 Å². The van der Waals surface area contributed by atoms with E-state index in [4.69, 9.17) is 5.41 Å². The van der Waals surface area contributed by atoms with Gasteiger partial charge in [0, 0.05) is 11.1 Å². The first-order valence-corrected chi connectivity index (χ1v) is 7.52. The Balaban J connectivity index is 0.00000192. The smallest absolute Gasteiger partial charge is 0.0687 e. The number of hydrogen-bond donors (Lipinski definition) is 1. The lowest BCUT2D eigenvalue weighted by Crippen LogP contribution is -2.06. The standard InChI is InChI=1S/C21H19N.ClH/c1-16-11-13-18(14-12-16)21(22)20-10-6-5-9-19(20)15-17-7-3-2-4-8-17;/h2-14,22H,15H2,1H3;1H. The molecule has 116 valence electrons. The summed E-state index contributed by atoms with van der Waals surface area (Å²) < 4.78 is 0. The van der Waals surface area contributed by atoms with Crippen LogP contribution in [0.25, 0.3) is 0 Å². The van der Waals surface area contributed by atoms with E-state index < -0.39 is 0 Å². The molecule has 0 saturated carbocycles. The average Bonchev–Trinajstić information content (AvgIpc) is 2.56. The maximum Gasteiger partial charge on any atom is 0.0687 e. The highest BCUT2D eigenvalue weighted by Gasteiger charge is 2.10. The third-order valence-corrected chi connectivity index (χ3v) is 3.86. The molecule has 0 bridgehead atoms. The summed E-state index contributed by atoms with van der Waals surface area (Å²) in [5.74, 6) is 0. The van der Waals surface area contributed by atoms with Gasteiger partial charge in [0.1, 0.15) is 0 Å². The molecule has 3 aromatic carbocycles. The second-order valence-electron chi connectivity index (χ2n) is 5.56. The van der Waals surface area contributed by atoms with Crippen LogP contribution in [-0.2, 0) is 6.42 Å². The van der Waals surface area contributed by atoms with E-state index >= 15 is 0 Å². The molecule has 23 heavy (non-hydrogen) atoms. The van der Waals surface area contributed by atoms with Crippen LogP contribution in [0.1, 0.15) is 27.8 Å². The Labute approximate surface area is 143 Å². The zero-order chi connectivity index (χ0) is 15.4. The summed E-state index contributed by atoms with van der Waals surface area (Å²) in [7, 11) is 0. The number of rotatable bonds is 4. The maximum atomic E-state index is 8.55. The normalized spacial score (nSPS) is 9.96. The van der Waals surface area contributed by atoms with Crippen molar-refractivity contribution in [3.63, 3.8) is 0 Å². The van der Waals surface area contributed by atoms with Crippen LogP contribution < -0.4 is 0 Å². The van der Waals surface area contributed by atoms with Gasteiger partial charge < -0.3 is 0 Å². The summed E-state index contributed by atoms with van der Waals surface area (Å²) in [6.45, 7) is 2.07. The molecule has 0 atom stereocenters. The fourth-order valence-corrected chi connectivity index (χ4v) is 2.61. The minimum Gasteiger partial charge on any atom is -0.300 e. The van der Waals surface area contributed by atoms with E-state index in [1.54, 1.807) is 0 Å². The topological polar surface area (TPSA) is 23.9 Å². The second-order valence-corrected chi connectivity index (χ2v) is 5.56. The summed E-state index contributed by atoms with van der Waals surface area (Å²) in [6, 6.07) is 26.8. The summed E-state index contributed by atoms with van der Waals surface area (Å²) >= 11 is 0. The van der Waals surface area contributed by atoms with Crippen molar-refractivity contribution in [2.24, 2.45) is 0 Å². The third-order valence-electron chi connectivity index (χ3n) is 3.86. The predicted octanol–water partition coefficient (Wildman–Crippen LogP) is 5.42. The molecule has 0 saturated heterocycles. The molecule has 0 radical (unpaired) electrons. The first kappa shape index (κ1) is 17.0. The molecular weight excluding hydrogens is 302 g/mol. The van der Waals surface area contributed by atoms with Gasteiger partial charge in [-0.25, -0.2) is 0 Å². The zero-order valence-electron chi connectivity index (χ0n) is 13.1. The Morgan fingerprint density at radius 3 is 2.09 bits per heavy atom. The molecule has 0 aliphatic heterocycles. The van der Waals surface area contributed by atoms with Gasteiger partial charge in [-0.3, -0.25) is 5.41 Å². The largest absolute Gasteiger partial charge is 0.300 e. The van der Waals surface area contributed by atoms with Crippen LogP contribution in [-0.4, -0.2) is 5.71 Å². The molecule has 0 aromatic heterocycles. The molecule has 0 fully saturated rings. The van der Waals surface area contributed by atoms with Crippen LogP contribution in [0, 0.1) is 12.3 Å². The van der Waals surface area contributed by atoms with Gasteiger partial charge in [-0.05, 0) is 24.5 Å². The minimum atomic E-state index is 0. The van der Waals surface area contributed by atoms with Crippen molar-refractivity contribution in [2.45, 2.75) is 13.3 Å². The molecule has 0 spiro atoms. The maximum absolute atomic E-state index is 8.55. The van der Waals surface area contributed by atoms with E-state index in [-0.39, 0.29) is 12.4 Å². The number of halogens is 1. The number of hydrogen-bond acceptors (Lipinski definition) is 1. The molecule has 0 heterocycles. The van der Waals surface area contributed by atoms with Crippen molar-refractivity contribution in [1.82, 2.24) is 0 Å². The molecule has 2 heteroatoms. The van der Waals surface area contributed by atoms with E-state index in [1.807, 2.05) is 36.4 Å². The fourth-order valence-electron chi connectivity index (χ4n) is 2.61. The Morgan fingerprint density at radius 2 is 1.39 bits per heavy atom. The summed E-state index contributed by atoms with van der Waals surface area (Å²) in [5, 5.41) is 8.55. The zero-order valence-corrected chi connectivity index (χ0v) is 13.9. The van der Waals surface area contributed by atoms with Crippen LogP contribution in [0.5, 0.6) is 0 Å². The highest BCUT2D eigenvalue weighted by atomic mass is 35.5. The minimum absolute atomic E-state index is 0. The monoisotopic (exact) mass is 321 g/mol. The van der Waals surface area contributed by atoms with E-state index in [0.29, 0.717) is 5.71 Å².